The number of nitro groups is 1. The van der Waals surface area contributed by atoms with E-state index in [0.717, 1.165) is 12.1 Å². The first kappa shape index (κ1) is 27.6. The molecular weight excluding hydrogens is 539 g/mol. The fourth-order valence-corrected chi connectivity index (χ4v) is 5.25. The Morgan fingerprint density at radius 1 is 1.05 bits per heavy atom. The molecule has 3 aromatic carbocycles. The van der Waals surface area contributed by atoms with Crippen molar-refractivity contribution in [1.29, 1.82) is 0 Å². The average molecular weight is 564 g/mol. The number of alkyl halides is 3. The fraction of sp³-hybridized carbons (Fsp3) is 0.207. The Kier molecular flexibility index (Phi) is 7.08. The summed E-state index contributed by atoms with van der Waals surface area (Å²) >= 11 is 0. The molecule has 210 valence electrons. The Morgan fingerprint density at radius 2 is 1.73 bits per heavy atom. The number of aromatic nitrogens is 2. The number of hydrogen-bond acceptors (Lipinski definition) is 5. The van der Waals surface area contributed by atoms with Crippen molar-refractivity contribution >= 4 is 23.3 Å². The Bertz CT molecular complexity index is 1650. The molecule has 0 bridgehead atoms. The third-order valence-corrected chi connectivity index (χ3v) is 7.04. The maximum Gasteiger partial charge on any atom is 0.416 e. The van der Waals surface area contributed by atoms with Gasteiger partial charge >= 0.3 is 6.18 Å². The van der Waals surface area contributed by atoms with Gasteiger partial charge in [0, 0.05) is 29.3 Å². The molecule has 2 atom stereocenters. The summed E-state index contributed by atoms with van der Waals surface area (Å²) in [5.74, 6) is -2.17. The van der Waals surface area contributed by atoms with E-state index in [4.69, 9.17) is 0 Å². The van der Waals surface area contributed by atoms with Crippen LogP contribution in [0.15, 0.2) is 78.9 Å². The number of carbonyl (C=O) groups is 2. The highest BCUT2D eigenvalue weighted by Crippen LogP contribution is 2.45. The van der Waals surface area contributed by atoms with E-state index >= 15 is 0 Å². The molecule has 2 heterocycles. The maximum absolute atomic E-state index is 14.1. The summed E-state index contributed by atoms with van der Waals surface area (Å²) in [4.78, 5) is 40.4. The molecule has 0 fully saturated rings. The molecule has 0 unspecified atom stereocenters. The molecule has 0 radical (unpaired) electrons. The number of halogens is 3. The number of hydrogen-bond donors (Lipinski definition) is 1. The Hall–Kier alpha value is -5.00. The first-order valence-electron chi connectivity index (χ1n) is 12.7. The molecule has 12 heteroatoms. The minimum absolute atomic E-state index is 0.160. The fourth-order valence-electron chi connectivity index (χ4n) is 5.25. The molecule has 1 aliphatic rings. The lowest BCUT2D eigenvalue weighted by Crippen LogP contribution is -2.55. The number of carbonyl (C=O) groups excluding carboxylic acids is 2. The van der Waals surface area contributed by atoms with Gasteiger partial charge in [0.1, 0.15) is 11.9 Å². The van der Waals surface area contributed by atoms with Gasteiger partial charge in [-0.1, -0.05) is 42.5 Å². The van der Waals surface area contributed by atoms with Crippen LogP contribution in [0.5, 0.6) is 0 Å². The van der Waals surface area contributed by atoms with Crippen LogP contribution in [0.2, 0.25) is 0 Å². The van der Waals surface area contributed by atoms with Gasteiger partial charge in [0.25, 0.3) is 17.5 Å². The zero-order chi connectivity index (χ0) is 29.5. The van der Waals surface area contributed by atoms with Crippen LogP contribution in [0.3, 0.4) is 0 Å². The normalized spacial score (nSPS) is 16.8. The van der Waals surface area contributed by atoms with Crippen molar-refractivity contribution in [3.63, 3.8) is 0 Å². The minimum atomic E-state index is -4.68. The van der Waals surface area contributed by atoms with Crippen LogP contribution < -0.4 is 10.2 Å². The summed E-state index contributed by atoms with van der Waals surface area (Å²) in [7, 11) is 0. The van der Waals surface area contributed by atoms with Gasteiger partial charge < -0.3 is 5.32 Å². The topological polar surface area (TPSA) is 110 Å². The number of rotatable bonds is 6. The molecule has 41 heavy (non-hydrogen) atoms. The first-order valence-corrected chi connectivity index (χ1v) is 12.7. The van der Waals surface area contributed by atoms with Crippen molar-refractivity contribution in [3.8, 4) is 5.69 Å². The molecule has 5 rings (SSSR count). The SMILES string of the molecule is CCN1C(=O)[C@@H](NC(=O)c2cccc(C(F)(F)F)c2)[C@H](c2ccccc2[N+](=O)[O-])c2c(C)nn(-c3ccccc3)c21. The number of aryl methyl sites for hydroxylation is 1. The largest absolute Gasteiger partial charge is 0.416 e. The second-order valence-electron chi connectivity index (χ2n) is 9.48. The molecular formula is C29H24F3N5O4. The zero-order valence-corrected chi connectivity index (χ0v) is 21.9. The second kappa shape index (κ2) is 10.5. The number of benzene rings is 3. The summed E-state index contributed by atoms with van der Waals surface area (Å²) in [6.07, 6.45) is -4.68. The van der Waals surface area contributed by atoms with Crippen LogP contribution >= 0.6 is 0 Å². The predicted octanol–water partition coefficient (Wildman–Crippen LogP) is 5.40. The summed E-state index contributed by atoms with van der Waals surface area (Å²) < 4.78 is 41.6. The van der Waals surface area contributed by atoms with Crippen LogP contribution in [0, 0.1) is 17.0 Å². The summed E-state index contributed by atoms with van der Waals surface area (Å²) in [6, 6.07) is 17.4. The number of nitrogens with one attached hydrogen (secondary N) is 1. The van der Waals surface area contributed by atoms with E-state index in [0.29, 0.717) is 28.8 Å². The number of nitro benzene ring substituents is 1. The van der Waals surface area contributed by atoms with Crippen molar-refractivity contribution in [1.82, 2.24) is 15.1 Å². The van der Waals surface area contributed by atoms with Gasteiger partial charge in [-0.05, 0) is 44.2 Å². The van der Waals surface area contributed by atoms with Gasteiger partial charge in [-0.25, -0.2) is 4.68 Å². The maximum atomic E-state index is 14.1. The van der Waals surface area contributed by atoms with E-state index in [1.807, 2.05) is 6.07 Å². The monoisotopic (exact) mass is 563 g/mol. The van der Waals surface area contributed by atoms with E-state index in [1.165, 1.54) is 29.2 Å². The van der Waals surface area contributed by atoms with E-state index in [-0.39, 0.29) is 23.4 Å². The lowest BCUT2D eigenvalue weighted by atomic mass is 9.80. The zero-order valence-electron chi connectivity index (χ0n) is 21.9. The predicted molar refractivity (Wildman–Crippen MR) is 144 cm³/mol. The summed E-state index contributed by atoms with van der Waals surface area (Å²) in [6.45, 7) is 3.61. The molecule has 0 spiro atoms. The molecule has 1 N–H and O–H groups in total. The third kappa shape index (κ3) is 4.92. The van der Waals surface area contributed by atoms with Gasteiger partial charge in [0.2, 0.25) is 0 Å². The van der Waals surface area contributed by atoms with E-state index in [1.54, 1.807) is 48.9 Å². The van der Waals surface area contributed by atoms with Crippen LogP contribution in [0.4, 0.5) is 24.7 Å². The van der Waals surface area contributed by atoms with Crippen molar-refractivity contribution in [2.45, 2.75) is 32.0 Å². The number of amides is 2. The number of likely N-dealkylation sites (N-methyl/N-ethyl adjacent to an activating group) is 1. The second-order valence-corrected chi connectivity index (χ2v) is 9.48. The third-order valence-electron chi connectivity index (χ3n) is 7.04. The van der Waals surface area contributed by atoms with Gasteiger partial charge in [0.15, 0.2) is 0 Å². The molecule has 0 saturated carbocycles. The number of anilines is 1. The van der Waals surface area contributed by atoms with E-state index < -0.39 is 40.4 Å². The van der Waals surface area contributed by atoms with Crippen molar-refractivity contribution in [3.05, 3.63) is 117 Å². The van der Waals surface area contributed by atoms with Gasteiger partial charge in [-0.15, -0.1) is 0 Å². The summed E-state index contributed by atoms with van der Waals surface area (Å²) in [5, 5.41) is 19.3. The minimum Gasteiger partial charge on any atom is -0.339 e. The molecule has 2 amide bonds. The molecule has 0 saturated heterocycles. The highest BCUT2D eigenvalue weighted by Gasteiger charge is 2.47. The van der Waals surface area contributed by atoms with Gasteiger partial charge in [0.05, 0.1) is 27.8 Å². The first-order chi connectivity index (χ1) is 19.5. The van der Waals surface area contributed by atoms with Crippen LogP contribution in [-0.4, -0.2) is 39.1 Å². The van der Waals surface area contributed by atoms with E-state index in [2.05, 4.69) is 10.4 Å². The standard InChI is InChI=1S/C29H24F3N5O4/c1-3-35-27-23(17(2)34-36(27)20-12-5-4-6-13-20)24(21-14-7-8-15-22(21)37(40)41)25(28(35)39)33-26(38)18-10-9-11-19(16-18)29(30,31)32/h4-16,24-25H,3H2,1-2H3,(H,33,38)/t24-,25+/m1/s1. The van der Waals surface area contributed by atoms with Crippen LogP contribution in [0.1, 0.15) is 45.6 Å². The Morgan fingerprint density at radius 3 is 2.39 bits per heavy atom. The quantitative estimate of drug-likeness (QED) is 0.249. The lowest BCUT2D eigenvalue weighted by Gasteiger charge is -2.38. The molecule has 4 aromatic rings. The van der Waals surface area contributed by atoms with Crippen LogP contribution in [-0.2, 0) is 11.0 Å². The smallest absolute Gasteiger partial charge is 0.339 e. The molecule has 1 aromatic heterocycles. The Labute approximate surface area is 232 Å². The van der Waals surface area contributed by atoms with Gasteiger partial charge in [-0.2, -0.15) is 18.3 Å². The average Bonchev–Trinajstić information content (AvgIpc) is 3.30. The van der Waals surface area contributed by atoms with Crippen LogP contribution in [0.25, 0.3) is 5.69 Å². The van der Waals surface area contributed by atoms with Crippen molar-refractivity contribution < 1.29 is 27.7 Å². The number of para-hydroxylation sites is 2. The highest BCUT2D eigenvalue weighted by molar-refractivity contribution is 6.05. The molecule has 9 nitrogen and oxygen atoms in total. The number of fused-ring (bicyclic) bond motifs is 1. The molecule has 1 aliphatic heterocycles. The van der Waals surface area contributed by atoms with Crippen molar-refractivity contribution in [2.24, 2.45) is 0 Å². The number of nitrogens with zero attached hydrogens (tertiary/aromatic N) is 4. The van der Waals surface area contributed by atoms with Gasteiger partial charge in [-0.3, -0.25) is 24.6 Å². The van der Waals surface area contributed by atoms with E-state index in [9.17, 15) is 32.9 Å². The Balaban J connectivity index is 1.70. The lowest BCUT2D eigenvalue weighted by molar-refractivity contribution is -0.385. The molecule has 0 aliphatic carbocycles. The van der Waals surface area contributed by atoms with Crippen molar-refractivity contribution in [2.75, 3.05) is 11.4 Å². The summed E-state index contributed by atoms with van der Waals surface area (Å²) in [5.41, 5.74) is 0.165. The highest BCUT2D eigenvalue weighted by atomic mass is 19.4.